The highest BCUT2D eigenvalue weighted by molar-refractivity contribution is 5.92. The van der Waals surface area contributed by atoms with Gasteiger partial charge in [0.2, 0.25) is 5.91 Å². The summed E-state index contributed by atoms with van der Waals surface area (Å²) in [5.41, 5.74) is 1.11. The molecule has 2 rings (SSSR count). The molecule has 4 nitrogen and oxygen atoms in total. The van der Waals surface area contributed by atoms with Crippen molar-refractivity contribution in [1.29, 1.82) is 0 Å². The van der Waals surface area contributed by atoms with Crippen molar-refractivity contribution in [1.82, 2.24) is 5.32 Å². The summed E-state index contributed by atoms with van der Waals surface area (Å²) in [6, 6.07) is 4.60. The van der Waals surface area contributed by atoms with Crippen LogP contribution in [0.3, 0.4) is 0 Å². The number of hydrogen-bond donors (Lipinski definition) is 2. The summed E-state index contributed by atoms with van der Waals surface area (Å²) in [7, 11) is 0. The van der Waals surface area contributed by atoms with Gasteiger partial charge in [-0.2, -0.15) is 13.2 Å². The van der Waals surface area contributed by atoms with Gasteiger partial charge in [0.1, 0.15) is 5.75 Å². The number of anilines is 1. The number of amides is 1. The summed E-state index contributed by atoms with van der Waals surface area (Å²) in [5, 5.41) is 5.96. The topological polar surface area (TPSA) is 50.4 Å². The van der Waals surface area contributed by atoms with Crippen molar-refractivity contribution in [3.05, 3.63) is 23.8 Å². The van der Waals surface area contributed by atoms with Gasteiger partial charge in [0.05, 0.1) is 5.92 Å². The van der Waals surface area contributed by atoms with Gasteiger partial charge in [0.25, 0.3) is 0 Å². The Labute approximate surface area is 139 Å². The fourth-order valence-corrected chi connectivity index (χ4v) is 2.37. The van der Waals surface area contributed by atoms with Crippen LogP contribution in [0.4, 0.5) is 18.9 Å². The molecule has 2 N–H and O–H groups in total. The molecule has 1 heterocycles. The summed E-state index contributed by atoms with van der Waals surface area (Å²) in [6.45, 7) is 1.89. The van der Waals surface area contributed by atoms with Crippen LogP contribution >= 0.6 is 12.4 Å². The van der Waals surface area contributed by atoms with Crippen molar-refractivity contribution in [2.75, 3.05) is 25.0 Å². The molecule has 0 bridgehead atoms. The fourth-order valence-electron chi connectivity index (χ4n) is 2.37. The monoisotopic (exact) mass is 352 g/mol. The Morgan fingerprint density at radius 3 is 2.74 bits per heavy atom. The van der Waals surface area contributed by atoms with E-state index in [1.807, 2.05) is 0 Å². The first-order valence-corrected chi connectivity index (χ1v) is 7.17. The number of halogens is 4. The predicted octanol–water partition coefficient (Wildman–Crippen LogP) is 3.30. The Balaban J connectivity index is 0.00000264. The number of carbonyl (C=O) groups excluding carboxylic acids is 1. The van der Waals surface area contributed by atoms with E-state index in [-0.39, 0.29) is 30.0 Å². The SMILES string of the molecule is Cc1cc(NC(=O)C2CCCNC2)ccc1OCC(F)(F)F.Cl. The van der Waals surface area contributed by atoms with E-state index in [0.29, 0.717) is 17.8 Å². The molecule has 0 spiro atoms. The zero-order chi connectivity index (χ0) is 16.2. The molecule has 1 aliphatic rings. The van der Waals surface area contributed by atoms with Gasteiger partial charge in [0.15, 0.2) is 6.61 Å². The summed E-state index contributed by atoms with van der Waals surface area (Å²) in [4.78, 5) is 12.1. The molecule has 1 amide bonds. The lowest BCUT2D eigenvalue weighted by Gasteiger charge is -2.22. The normalized spacial score (nSPS) is 18.0. The molecule has 130 valence electrons. The van der Waals surface area contributed by atoms with E-state index >= 15 is 0 Å². The van der Waals surface area contributed by atoms with Crippen LogP contribution in [-0.4, -0.2) is 31.8 Å². The van der Waals surface area contributed by atoms with Crippen LogP contribution in [0.1, 0.15) is 18.4 Å². The van der Waals surface area contributed by atoms with Gasteiger partial charge in [-0.1, -0.05) is 0 Å². The standard InChI is InChI=1S/C15H19F3N2O2.ClH/c1-10-7-12(4-5-13(10)22-9-15(16,17)18)20-14(21)11-3-2-6-19-8-11;/h4-5,7,11,19H,2-3,6,8-9H2,1H3,(H,20,21);1H. The Morgan fingerprint density at radius 2 is 2.17 bits per heavy atom. The summed E-state index contributed by atoms with van der Waals surface area (Å²) >= 11 is 0. The van der Waals surface area contributed by atoms with Crippen LogP contribution in [0.2, 0.25) is 0 Å². The van der Waals surface area contributed by atoms with Crippen molar-refractivity contribution in [2.45, 2.75) is 25.9 Å². The van der Waals surface area contributed by atoms with Crippen molar-refractivity contribution < 1.29 is 22.7 Å². The highest BCUT2D eigenvalue weighted by Gasteiger charge is 2.28. The third kappa shape index (κ3) is 6.27. The Hall–Kier alpha value is -1.47. The van der Waals surface area contributed by atoms with Gasteiger partial charge in [0, 0.05) is 12.2 Å². The quantitative estimate of drug-likeness (QED) is 0.874. The van der Waals surface area contributed by atoms with E-state index in [2.05, 4.69) is 10.6 Å². The van der Waals surface area contributed by atoms with Gasteiger partial charge in [-0.15, -0.1) is 12.4 Å². The molecule has 1 aromatic rings. The third-order valence-corrected chi connectivity index (χ3v) is 3.50. The van der Waals surface area contributed by atoms with E-state index in [1.54, 1.807) is 19.1 Å². The first-order chi connectivity index (χ1) is 10.3. The molecule has 1 aliphatic heterocycles. The molecule has 1 aromatic carbocycles. The second kappa shape index (κ2) is 8.40. The zero-order valence-corrected chi connectivity index (χ0v) is 13.5. The van der Waals surface area contributed by atoms with E-state index < -0.39 is 12.8 Å². The molecule has 0 radical (unpaired) electrons. The van der Waals surface area contributed by atoms with Gasteiger partial charge < -0.3 is 15.4 Å². The predicted molar refractivity (Wildman–Crippen MR) is 84.2 cm³/mol. The number of nitrogens with one attached hydrogen (secondary N) is 2. The molecule has 1 saturated heterocycles. The average molecular weight is 353 g/mol. The smallest absolute Gasteiger partial charge is 0.422 e. The van der Waals surface area contributed by atoms with Crippen molar-refractivity contribution in [3.63, 3.8) is 0 Å². The molecule has 23 heavy (non-hydrogen) atoms. The Morgan fingerprint density at radius 1 is 1.43 bits per heavy atom. The number of alkyl halides is 3. The van der Waals surface area contributed by atoms with Crippen LogP contribution in [-0.2, 0) is 4.79 Å². The fraction of sp³-hybridized carbons (Fsp3) is 0.533. The minimum atomic E-state index is -4.37. The minimum absolute atomic E-state index is 0. The van der Waals surface area contributed by atoms with E-state index in [4.69, 9.17) is 4.74 Å². The molecule has 1 fully saturated rings. The number of carbonyl (C=O) groups is 1. The molecule has 8 heteroatoms. The summed E-state index contributed by atoms with van der Waals surface area (Å²) < 4.78 is 41.2. The highest BCUT2D eigenvalue weighted by Crippen LogP contribution is 2.25. The lowest BCUT2D eigenvalue weighted by Crippen LogP contribution is -2.37. The highest BCUT2D eigenvalue weighted by atomic mass is 35.5. The minimum Gasteiger partial charge on any atom is -0.484 e. The number of aryl methyl sites for hydroxylation is 1. The number of piperidine rings is 1. The number of benzene rings is 1. The third-order valence-electron chi connectivity index (χ3n) is 3.50. The molecule has 0 aliphatic carbocycles. The van der Waals surface area contributed by atoms with E-state index in [1.165, 1.54) is 6.07 Å². The Kier molecular flexibility index (Phi) is 7.15. The van der Waals surface area contributed by atoms with Crippen molar-refractivity contribution in [3.8, 4) is 5.75 Å². The van der Waals surface area contributed by atoms with Gasteiger partial charge >= 0.3 is 6.18 Å². The average Bonchev–Trinajstić information content (AvgIpc) is 2.46. The van der Waals surface area contributed by atoms with Crippen LogP contribution in [0.25, 0.3) is 0 Å². The maximum Gasteiger partial charge on any atom is 0.422 e. The zero-order valence-electron chi connectivity index (χ0n) is 12.7. The maximum atomic E-state index is 12.1. The van der Waals surface area contributed by atoms with E-state index in [9.17, 15) is 18.0 Å². The van der Waals surface area contributed by atoms with Gasteiger partial charge in [-0.05, 0) is 50.1 Å². The first-order valence-electron chi connectivity index (χ1n) is 7.17. The Bertz CT molecular complexity index is 532. The van der Waals surface area contributed by atoms with Crippen LogP contribution in [0, 0.1) is 12.8 Å². The first kappa shape index (κ1) is 19.6. The molecule has 0 saturated carbocycles. The lowest BCUT2D eigenvalue weighted by atomic mass is 9.99. The second-order valence-corrected chi connectivity index (χ2v) is 5.42. The van der Waals surface area contributed by atoms with Crippen LogP contribution < -0.4 is 15.4 Å². The van der Waals surface area contributed by atoms with Crippen molar-refractivity contribution in [2.24, 2.45) is 5.92 Å². The van der Waals surface area contributed by atoms with Crippen LogP contribution in [0.15, 0.2) is 18.2 Å². The number of rotatable bonds is 4. The number of ether oxygens (including phenoxy) is 1. The molecule has 1 atom stereocenters. The summed E-state index contributed by atoms with van der Waals surface area (Å²) in [5.74, 6) is 0.0143. The molecular weight excluding hydrogens is 333 g/mol. The second-order valence-electron chi connectivity index (χ2n) is 5.42. The molecular formula is C15H20ClF3N2O2. The van der Waals surface area contributed by atoms with Crippen LogP contribution in [0.5, 0.6) is 5.75 Å². The van der Waals surface area contributed by atoms with E-state index in [0.717, 1.165) is 19.4 Å². The largest absolute Gasteiger partial charge is 0.484 e. The van der Waals surface area contributed by atoms with Gasteiger partial charge in [-0.3, -0.25) is 4.79 Å². The lowest BCUT2D eigenvalue weighted by molar-refractivity contribution is -0.153. The number of hydrogen-bond acceptors (Lipinski definition) is 3. The summed E-state index contributed by atoms with van der Waals surface area (Å²) in [6.07, 6.45) is -2.57. The maximum absolute atomic E-state index is 12.1. The molecule has 0 aromatic heterocycles. The molecule has 1 unspecified atom stereocenters. The van der Waals surface area contributed by atoms with Crippen molar-refractivity contribution >= 4 is 24.0 Å². The van der Waals surface area contributed by atoms with Gasteiger partial charge in [-0.25, -0.2) is 0 Å².